The second-order valence-corrected chi connectivity index (χ2v) is 4.12. The van der Waals surface area contributed by atoms with E-state index in [-0.39, 0.29) is 0 Å². The molecule has 0 amide bonds. The van der Waals surface area contributed by atoms with Gasteiger partial charge in [0.25, 0.3) is 0 Å². The number of nitrogens with one attached hydrogen (secondary N) is 1. The second-order valence-electron chi connectivity index (χ2n) is 4.12. The first-order valence-electron chi connectivity index (χ1n) is 5.42. The molecule has 2 rings (SSSR count). The molecule has 1 aliphatic heterocycles. The van der Waals surface area contributed by atoms with E-state index in [2.05, 4.69) is 22.1 Å². The highest BCUT2D eigenvalue weighted by Crippen LogP contribution is 2.14. The molecule has 0 aromatic carbocycles. The van der Waals surface area contributed by atoms with E-state index in [1.165, 1.54) is 12.4 Å². The third kappa shape index (κ3) is 2.56. The summed E-state index contributed by atoms with van der Waals surface area (Å²) in [6, 6.07) is 0.406. The average Bonchev–Trinajstić information content (AvgIpc) is 2.66. The summed E-state index contributed by atoms with van der Waals surface area (Å²) in [5, 5.41) is 3.31. The number of nitrogens with zero attached hydrogens (tertiary/aromatic N) is 3. The highest BCUT2D eigenvalue weighted by Gasteiger charge is 2.19. The van der Waals surface area contributed by atoms with E-state index >= 15 is 0 Å². The average molecular weight is 230 g/mol. The van der Waals surface area contributed by atoms with E-state index in [4.69, 9.17) is 0 Å². The van der Waals surface area contributed by atoms with Crippen LogP contribution in [0.3, 0.4) is 0 Å². The SMILES string of the molecule is CC1CN(Cc2nccn2C(F)F)CCN1. The molecule has 90 valence electrons. The molecule has 1 unspecified atom stereocenters. The number of hydrogen-bond donors (Lipinski definition) is 1. The molecule has 0 saturated carbocycles. The first-order chi connectivity index (χ1) is 7.66. The number of aromatic nitrogens is 2. The van der Waals surface area contributed by atoms with Gasteiger partial charge >= 0.3 is 6.55 Å². The standard InChI is InChI=1S/C10H16F2N4/c1-8-6-15(4-2-13-8)7-9-14-3-5-16(9)10(11)12/h3,5,8,10,13H,2,4,6-7H2,1H3. The molecular weight excluding hydrogens is 214 g/mol. The van der Waals surface area contributed by atoms with Crippen molar-refractivity contribution in [2.45, 2.75) is 26.1 Å². The van der Waals surface area contributed by atoms with E-state index in [9.17, 15) is 8.78 Å². The summed E-state index contributed by atoms with van der Waals surface area (Å²) in [6.45, 7) is 2.72. The van der Waals surface area contributed by atoms with Gasteiger partial charge in [-0.15, -0.1) is 0 Å². The smallest absolute Gasteiger partial charge is 0.312 e. The Balaban J connectivity index is 2.00. The fourth-order valence-electron chi connectivity index (χ4n) is 2.00. The van der Waals surface area contributed by atoms with Crippen molar-refractivity contribution in [3.05, 3.63) is 18.2 Å². The zero-order valence-electron chi connectivity index (χ0n) is 9.24. The van der Waals surface area contributed by atoms with Gasteiger partial charge in [-0.2, -0.15) is 8.78 Å². The molecule has 1 aliphatic rings. The maximum absolute atomic E-state index is 12.6. The van der Waals surface area contributed by atoms with Crippen LogP contribution in [0.4, 0.5) is 8.78 Å². The van der Waals surface area contributed by atoms with Crippen LogP contribution in [-0.4, -0.2) is 40.1 Å². The van der Waals surface area contributed by atoms with Crippen molar-refractivity contribution in [1.82, 2.24) is 19.8 Å². The number of imidazole rings is 1. The summed E-state index contributed by atoms with van der Waals surface area (Å²) in [7, 11) is 0. The molecular formula is C10H16F2N4. The lowest BCUT2D eigenvalue weighted by Gasteiger charge is -2.31. The molecule has 1 N–H and O–H groups in total. The maximum Gasteiger partial charge on any atom is 0.319 e. The number of hydrogen-bond acceptors (Lipinski definition) is 3. The van der Waals surface area contributed by atoms with Crippen molar-refractivity contribution in [1.29, 1.82) is 0 Å². The van der Waals surface area contributed by atoms with Crippen molar-refractivity contribution in [2.24, 2.45) is 0 Å². The largest absolute Gasteiger partial charge is 0.319 e. The van der Waals surface area contributed by atoms with Crippen LogP contribution < -0.4 is 5.32 Å². The Kier molecular flexibility index (Phi) is 3.50. The zero-order chi connectivity index (χ0) is 11.5. The van der Waals surface area contributed by atoms with E-state index in [1.54, 1.807) is 0 Å². The number of alkyl halides is 2. The summed E-state index contributed by atoms with van der Waals surface area (Å²) in [4.78, 5) is 6.12. The Morgan fingerprint density at radius 1 is 1.62 bits per heavy atom. The third-order valence-corrected chi connectivity index (χ3v) is 2.78. The molecule has 0 radical (unpaired) electrons. The van der Waals surface area contributed by atoms with Crippen LogP contribution in [0.25, 0.3) is 0 Å². The molecule has 1 aromatic rings. The molecule has 0 bridgehead atoms. The Hall–Kier alpha value is -1.01. The van der Waals surface area contributed by atoms with Gasteiger partial charge in [-0.1, -0.05) is 0 Å². The van der Waals surface area contributed by atoms with Crippen molar-refractivity contribution in [3.63, 3.8) is 0 Å². The van der Waals surface area contributed by atoms with E-state index in [1.807, 2.05) is 0 Å². The molecule has 2 heterocycles. The summed E-state index contributed by atoms with van der Waals surface area (Å²) >= 11 is 0. The van der Waals surface area contributed by atoms with Crippen molar-refractivity contribution >= 4 is 0 Å². The lowest BCUT2D eigenvalue weighted by molar-refractivity contribution is 0.0629. The van der Waals surface area contributed by atoms with Gasteiger partial charge in [0.15, 0.2) is 0 Å². The quantitative estimate of drug-likeness (QED) is 0.843. The van der Waals surface area contributed by atoms with Gasteiger partial charge < -0.3 is 5.32 Å². The minimum Gasteiger partial charge on any atom is -0.312 e. The lowest BCUT2D eigenvalue weighted by atomic mass is 10.2. The Labute approximate surface area is 93.3 Å². The number of halogens is 2. The molecule has 1 fully saturated rings. The van der Waals surface area contributed by atoms with Gasteiger partial charge in [-0.3, -0.25) is 9.47 Å². The van der Waals surface area contributed by atoms with Crippen LogP contribution in [0.2, 0.25) is 0 Å². The minimum absolute atomic E-state index is 0.406. The van der Waals surface area contributed by atoms with Crippen LogP contribution in [0.5, 0.6) is 0 Å². The molecule has 16 heavy (non-hydrogen) atoms. The Bertz CT molecular complexity index is 339. The van der Waals surface area contributed by atoms with Gasteiger partial charge in [-0.25, -0.2) is 4.98 Å². The van der Waals surface area contributed by atoms with Gasteiger partial charge in [0, 0.05) is 38.1 Å². The van der Waals surface area contributed by atoms with Crippen LogP contribution in [0.15, 0.2) is 12.4 Å². The van der Waals surface area contributed by atoms with Gasteiger partial charge in [0.05, 0.1) is 6.54 Å². The van der Waals surface area contributed by atoms with Crippen molar-refractivity contribution < 1.29 is 8.78 Å². The maximum atomic E-state index is 12.6. The lowest BCUT2D eigenvalue weighted by Crippen LogP contribution is -2.48. The fraction of sp³-hybridized carbons (Fsp3) is 0.700. The summed E-state index contributed by atoms with van der Waals surface area (Å²) in [5.74, 6) is 0.434. The first-order valence-corrected chi connectivity index (χ1v) is 5.42. The van der Waals surface area contributed by atoms with Crippen LogP contribution in [0.1, 0.15) is 19.3 Å². The monoisotopic (exact) mass is 230 g/mol. The van der Waals surface area contributed by atoms with Gasteiger partial charge in [0.1, 0.15) is 5.82 Å². The normalized spacial score (nSPS) is 22.9. The molecule has 0 spiro atoms. The molecule has 1 saturated heterocycles. The predicted molar refractivity (Wildman–Crippen MR) is 56.2 cm³/mol. The second kappa shape index (κ2) is 4.88. The highest BCUT2D eigenvalue weighted by atomic mass is 19.3. The topological polar surface area (TPSA) is 33.1 Å². The van der Waals surface area contributed by atoms with Gasteiger partial charge in [0.2, 0.25) is 0 Å². The van der Waals surface area contributed by atoms with E-state index in [0.29, 0.717) is 18.4 Å². The van der Waals surface area contributed by atoms with E-state index < -0.39 is 6.55 Å². The molecule has 1 atom stereocenters. The summed E-state index contributed by atoms with van der Waals surface area (Å²) in [6.07, 6.45) is 2.75. The Morgan fingerprint density at radius 2 is 2.44 bits per heavy atom. The fourth-order valence-corrected chi connectivity index (χ4v) is 2.00. The highest BCUT2D eigenvalue weighted by molar-refractivity contribution is 4.93. The molecule has 4 nitrogen and oxygen atoms in total. The van der Waals surface area contributed by atoms with E-state index in [0.717, 1.165) is 24.2 Å². The van der Waals surface area contributed by atoms with Gasteiger partial charge in [-0.05, 0) is 6.92 Å². The predicted octanol–water partition coefficient (Wildman–Crippen LogP) is 1.07. The zero-order valence-corrected chi connectivity index (χ0v) is 9.24. The summed E-state index contributed by atoms with van der Waals surface area (Å²) < 4.78 is 26.1. The van der Waals surface area contributed by atoms with Crippen LogP contribution >= 0.6 is 0 Å². The number of piperazine rings is 1. The van der Waals surface area contributed by atoms with Crippen LogP contribution in [-0.2, 0) is 6.54 Å². The molecule has 0 aliphatic carbocycles. The molecule has 1 aromatic heterocycles. The van der Waals surface area contributed by atoms with Crippen molar-refractivity contribution in [3.8, 4) is 0 Å². The number of rotatable bonds is 3. The third-order valence-electron chi connectivity index (χ3n) is 2.78. The molecule has 6 heteroatoms. The Morgan fingerprint density at radius 3 is 3.12 bits per heavy atom. The first kappa shape index (κ1) is 11.5. The minimum atomic E-state index is -2.50. The summed E-state index contributed by atoms with van der Waals surface area (Å²) in [5.41, 5.74) is 0. The van der Waals surface area contributed by atoms with Crippen molar-refractivity contribution in [2.75, 3.05) is 19.6 Å². The van der Waals surface area contributed by atoms with Crippen LogP contribution in [0, 0.1) is 0 Å².